The first-order chi connectivity index (χ1) is 14.2. The lowest BCUT2D eigenvalue weighted by atomic mass is 10.2. The van der Waals surface area contributed by atoms with Gasteiger partial charge >= 0.3 is 0 Å². The van der Waals surface area contributed by atoms with E-state index in [0.717, 1.165) is 35.0 Å². The fourth-order valence-electron chi connectivity index (χ4n) is 3.01. The molecular weight excluding hydrogens is 412 g/mol. The Morgan fingerprint density at radius 1 is 1.28 bits per heavy atom. The Morgan fingerprint density at radius 2 is 2.14 bits per heavy atom. The van der Waals surface area contributed by atoms with Crippen LogP contribution in [0.15, 0.2) is 23.6 Å². The number of nitrogens with zero attached hydrogens (tertiary/aromatic N) is 3. The third-order valence-corrected chi connectivity index (χ3v) is 6.29. The summed E-state index contributed by atoms with van der Waals surface area (Å²) in [5.74, 6) is 1.12. The minimum atomic E-state index is -0.177. The average molecular weight is 433 g/mol. The molecule has 1 aromatic carbocycles. The number of nitrogens with one attached hydrogen (secondary N) is 1. The van der Waals surface area contributed by atoms with E-state index in [1.54, 1.807) is 14.2 Å². The molecule has 3 aromatic rings. The summed E-state index contributed by atoms with van der Waals surface area (Å²) in [5, 5.41) is 14.9. The Balaban J connectivity index is 1.39. The molecule has 29 heavy (non-hydrogen) atoms. The monoisotopic (exact) mass is 432 g/mol. The van der Waals surface area contributed by atoms with Crippen LogP contribution in [0.3, 0.4) is 0 Å². The molecule has 0 saturated carbocycles. The van der Waals surface area contributed by atoms with Gasteiger partial charge in [0.2, 0.25) is 11.0 Å². The van der Waals surface area contributed by atoms with Gasteiger partial charge in [-0.15, -0.1) is 21.5 Å². The van der Waals surface area contributed by atoms with Crippen molar-refractivity contribution >= 4 is 33.7 Å². The second-order valence-electron chi connectivity index (χ2n) is 6.39. The standard InChI is InChI=1S/C19H20N4O4S2/c1-25-13-6-5-11(8-15(13)26-2)17-20-12(10-28-17)9-16(24)21-19-23-22-18(29-19)14-4-3-7-27-14/h5-6,8,10,14H,3-4,7,9H2,1-2H3,(H,21,23,24)/t14-/m1/s1. The van der Waals surface area contributed by atoms with E-state index in [-0.39, 0.29) is 18.4 Å². The molecule has 1 atom stereocenters. The highest BCUT2D eigenvalue weighted by Crippen LogP contribution is 2.34. The first-order valence-electron chi connectivity index (χ1n) is 9.08. The molecule has 1 aliphatic heterocycles. The van der Waals surface area contributed by atoms with Gasteiger partial charge in [0, 0.05) is 17.6 Å². The van der Waals surface area contributed by atoms with Crippen LogP contribution in [0.5, 0.6) is 11.5 Å². The van der Waals surface area contributed by atoms with E-state index in [2.05, 4.69) is 20.5 Å². The van der Waals surface area contributed by atoms with Crippen molar-refractivity contribution in [3.63, 3.8) is 0 Å². The Kier molecular flexibility index (Phi) is 6.02. The van der Waals surface area contributed by atoms with Gasteiger partial charge in [0.1, 0.15) is 16.1 Å². The highest BCUT2D eigenvalue weighted by Gasteiger charge is 2.22. The third-order valence-electron chi connectivity index (χ3n) is 4.42. The van der Waals surface area contributed by atoms with Crippen molar-refractivity contribution in [2.24, 2.45) is 0 Å². The zero-order chi connectivity index (χ0) is 20.2. The van der Waals surface area contributed by atoms with Crippen molar-refractivity contribution < 1.29 is 19.0 Å². The number of carbonyl (C=O) groups is 1. The lowest BCUT2D eigenvalue weighted by Gasteiger charge is -2.08. The molecule has 3 heterocycles. The van der Waals surface area contributed by atoms with Crippen LogP contribution in [0.1, 0.15) is 29.6 Å². The second-order valence-corrected chi connectivity index (χ2v) is 8.25. The number of amides is 1. The zero-order valence-corrected chi connectivity index (χ0v) is 17.6. The maximum atomic E-state index is 12.4. The highest BCUT2D eigenvalue weighted by molar-refractivity contribution is 7.15. The van der Waals surface area contributed by atoms with Gasteiger partial charge in [0.15, 0.2) is 11.5 Å². The SMILES string of the molecule is COc1ccc(-c2nc(CC(=O)Nc3nnc([C@H]4CCCO4)s3)cs2)cc1OC. The summed E-state index contributed by atoms with van der Waals surface area (Å²) in [6.07, 6.45) is 2.14. The Bertz CT molecular complexity index is 998. The zero-order valence-electron chi connectivity index (χ0n) is 16.0. The first kappa shape index (κ1) is 19.7. The molecule has 8 nitrogen and oxygen atoms in total. The largest absolute Gasteiger partial charge is 0.493 e. The Morgan fingerprint density at radius 3 is 2.90 bits per heavy atom. The van der Waals surface area contributed by atoms with Crippen LogP contribution in [-0.4, -0.2) is 41.9 Å². The van der Waals surface area contributed by atoms with Crippen molar-refractivity contribution in [2.75, 3.05) is 26.1 Å². The molecule has 152 valence electrons. The quantitative estimate of drug-likeness (QED) is 0.608. The molecule has 1 aliphatic rings. The summed E-state index contributed by atoms with van der Waals surface area (Å²) >= 11 is 2.83. The summed E-state index contributed by atoms with van der Waals surface area (Å²) in [4.78, 5) is 16.9. The fraction of sp³-hybridized carbons (Fsp3) is 0.368. The molecule has 2 aromatic heterocycles. The van der Waals surface area contributed by atoms with E-state index >= 15 is 0 Å². The number of hydrogen-bond donors (Lipinski definition) is 1. The van der Waals surface area contributed by atoms with Gasteiger partial charge in [0.05, 0.1) is 26.3 Å². The van der Waals surface area contributed by atoms with Crippen LogP contribution in [0, 0.1) is 0 Å². The normalized spacial score (nSPS) is 16.0. The molecule has 1 fully saturated rings. The predicted molar refractivity (Wildman–Crippen MR) is 111 cm³/mol. The van der Waals surface area contributed by atoms with E-state index < -0.39 is 0 Å². The number of rotatable bonds is 7. The van der Waals surface area contributed by atoms with Crippen LogP contribution in [0.4, 0.5) is 5.13 Å². The number of aromatic nitrogens is 3. The Labute approximate surface area is 175 Å². The molecule has 0 aliphatic carbocycles. The smallest absolute Gasteiger partial charge is 0.232 e. The second kappa shape index (κ2) is 8.85. The molecular formula is C19H20N4O4S2. The fourth-order valence-corrected chi connectivity index (χ4v) is 4.67. The van der Waals surface area contributed by atoms with Gasteiger partial charge in [-0.05, 0) is 31.0 Å². The number of benzene rings is 1. The summed E-state index contributed by atoms with van der Waals surface area (Å²) in [5.41, 5.74) is 1.60. The number of anilines is 1. The average Bonchev–Trinajstić information content (AvgIpc) is 3.49. The molecule has 0 radical (unpaired) electrons. The van der Waals surface area contributed by atoms with Gasteiger partial charge in [-0.3, -0.25) is 4.79 Å². The molecule has 1 saturated heterocycles. The highest BCUT2D eigenvalue weighted by atomic mass is 32.1. The molecule has 4 rings (SSSR count). The summed E-state index contributed by atoms with van der Waals surface area (Å²) in [7, 11) is 3.19. The maximum Gasteiger partial charge on any atom is 0.232 e. The minimum Gasteiger partial charge on any atom is -0.493 e. The topological polar surface area (TPSA) is 95.5 Å². The molecule has 0 spiro atoms. The van der Waals surface area contributed by atoms with Gasteiger partial charge in [-0.1, -0.05) is 11.3 Å². The molecule has 1 amide bonds. The van der Waals surface area contributed by atoms with E-state index in [0.29, 0.717) is 22.3 Å². The van der Waals surface area contributed by atoms with E-state index in [1.165, 1.54) is 22.7 Å². The molecule has 10 heteroatoms. The van der Waals surface area contributed by atoms with Crippen LogP contribution in [0.25, 0.3) is 10.6 Å². The molecule has 0 unspecified atom stereocenters. The maximum absolute atomic E-state index is 12.4. The van der Waals surface area contributed by atoms with Crippen molar-refractivity contribution in [2.45, 2.75) is 25.4 Å². The number of thiazole rings is 1. The van der Waals surface area contributed by atoms with Gasteiger partial charge in [0.25, 0.3) is 0 Å². The van der Waals surface area contributed by atoms with Crippen LogP contribution < -0.4 is 14.8 Å². The first-order valence-corrected chi connectivity index (χ1v) is 10.8. The summed E-state index contributed by atoms with van der Waals surface area (Å²) in [6, 6.07) is 5.62. The molecule has 1 N–H and O–H groups in total. The van der Waals surface area contributed by atoms with Gasteiger partial charge < -0.3 is 19.5 Å². The van der Waals surface area contributed by atoms with Crippen LogP contribution in [-0.2, 0) is 16.0 Å². The number of methoxy groups -OCH3 is 2. The Hall–Kier alpha value is -2.56. The summed E-state index contributed by atoms with van der Waals surface area (Å²) in [6.45, 7) is 0.748. The van der Waals surface area contributed by atoms with Crippen molar-refractivity contribution in [1.29, 1.82) is 0 Å². The predicted octanol–water partition coefficient (Wildman–Crippen LogP) is 3.71. The third kappa shape index (κ3) is 4.55. The van der Waals surface area contributed by atoms with Gasteiger partial charge in [-0.25, -0.2) is 4.98 Å². The van der Waals surface area contributed by atoms with E-state index in [4.69, 9.17) is 14.2 Å². The van der Waals surface area contributed by atoms with Gasteiger partial charge in [-0.2, -0.15) is 0 Å². The number of hydrogen-bond acceptors (Lipinski definition) is 9. The number of ether oxygens (including phenoxy) is 3. The lowest BCUT2D eigenvalue weighted by Crippen LogP contribution is -2.14. The molecule has 0 bridgehead atoms. The minimum absolute atomic E-state index is 0.000684. The summed E-state index contributed by atoms with van der Waals surface area (Å²) < 4.78 is 16.2. The van der Waals surface area contributed by atoms with Crippen LogP contribution >= 0.6 is 22.7 Å². The van der Waals surface area contributed by atoms with Crippen molar-refractivity contribution in [1.82, 2.24) is 15.2 Å². The van der Waals surface area contributed by atoms with Crippen molar-refractivity contribution in [3.8, 4) is 22.1 Å². The van der Waals surface area contributed by atoms with E-state index in [9.17, 15) is 4.79 Å². The lowest BCUT2D eigenvalue weighted by molar-refractivity contribution is -0.115. The van der Waals surface area contributed by atoms with Crippen molar-refractivity contribution in [3.05, 3.63) is 34.3 Å². The number of carbonyl (C=O) groups excluding carboxylic acids is 1. The van der Waals surface area contributed by atoms with Crippen LogP contribution in [0.2, 0.25) is 0 Å². The van der Waals surface area contributed by atoms with E-state index in [1.807, 2.05) is 23.6 Å².